The average Bonchev–Trinajstić information content (AvgIpc) is 2.72. The number of nitrogens with zero attached hydrogens (tertiary/aromatic N) is 1. The van der Waals surface area contributed by atoms with E-state index in [4.69, 9.17) is 21.1 Å². The summed E-state index contributed by atoms with van der Waals surface area (Å²) in [6.45, 7) is 4.92. The molecule has 0 saturated heterocycles. The van der Waals surface area contributed by atoms with Crippen molar-refractivity contribution in [2.45, 2.75) is 39.5 Å². The third-order valence-corrected chi connectivity index (χ3v) is 5.28. The minimum atomic E-state index is -0.293. The van der Waals surface area contributed by atoms with Gasteiger partial charge >= 0.3 is 0 Å². The predicted molar refractivity (Wildman–Crippen MR) is 119 cm³/mol. The van der Waals surface area contributed by atoms with Crippen molar-refractivity contribution in [2.24, 2.45) is 0 Å². The lowest BCUT2D eigenvalue weighted by molar-refractivity contribution is -0.118. The van der Waals surface area contributed by atoms with Gasteiger partial charge in [0.15, 0.2) is 11.5 Å². The summed E-state index contributed by atoms with van der Waals surface area (Å²) in [7, 11) is 1.76. The molecule has 0 fully saturated rings. The first-order chi connectivity index (χ1) is 14.4. The van der Waals surface area contributed by atoms with Crippen LogP contribution < -0.4 is 19.7 Å². The molecule has 30 heavy (non-hydrogen) atoms. The lowest BCUT2D eigenvalue weighted by Gasteiger charge is -2.26. The van der Waals surface area contributed by atoms with Gasteiger partial charge in [0.2, 0.25) is 5.91 Å². The Labute approximate surface area is 182 Å². The van der Waals surface area contributed by atoms with E-state index in [1.807, 2.05) is 19.1 Å². The zero-order valence-corrected chi connectivity index (χ0v) is 18.3. The molecule has 0 bridgehead atoms. The number of hydrogen-bond acceptors (Lipinski definition) is 4. The second kappa shape index (κ2) is 9.85. The number of halogens is 1. The van der Waals surface area contributed by atoms with Gasteiger partial charge in [0.05, 0.1) is 18.2 Å². The molecule has 0 spiro atoms. The number of ether oxygens (including phenoxy) is 2. The molecular formula is C23H27ClN2O4. The largest absolute Gasteiger partial charge is 0.490 e. The molecule has 2 aromatic rings. The number of rotatable bonds is 8. The van der Waals surface area contributed by atoms with E-state index in [1.54, 1.807) is 30.1 Å². The molecule has 1 aliphatic heterocycles. The SMILES string of the molecule is CCCCOc1c(Cl)cc(C(=O)Nc2ccc3c(c2)CCC(=O)N3C)cc1OCC. The van der Waals surface area contributed by atoms with Crippen LogP contribution in [0.2, 0.25) is 5.02 Å². The molecule has 2 aromatic carbocycles. The highest BCUT2D eigenvalue weighted by molar-refractivity contribution is 6.32. The van der Waals surface area contributed by atoms with Crippen molar-refractivity contribution < 1.29 is 19.1 Å². The Bertz CT molecular complexity index is 945. The number of unbranched alkanes of at least 4 members (excludes halogenated alkanes) is 1. The van der Waals surface area contributed by atoms with Crippen LogP contribution in [0.15, 0.2) is 30.3 Å². The summed E-state index contributed by atoms with van der Waals surface area (Å²) in [6.07, 6.45) is 3.04. The molecule has 3 rings (SSSR count). The minimum Gasteiger partial charge on any atom is -0.490 e. The van der Waals surface area contributed by atoms with E-state index in [2.05, 4.69) is 12.2 Å². The maximum atomic E-state index is 12.8. The molecular weight excluding hydrogens is 404 g/mol. The van der Waals surface area contributed by atoms with Crippen LogP contribution in [0.1, 0.15) is 49.0 Å². The molecule has 160 valence electrons. The molecule has 6 nitrogen and oxygen atoms in total. The Kier molecular flexibility index (Phi) is 7.21. The van der Waals surface area contributed by atoms with E-state index in [0.717, 1.165) is 24.1 Å². The van der Waals surface area contributed by atoms with Crippen LogP contribution in [0.3, 0.4) is 0 Å². The fraction of sp³-hybridized carbons (Fsp3) is 0.391. The highest BCUT2D eigenvalue weighted by atomic mass is 35.5. The lowest BCUT2D eigenvalue weighted by Crippen LogP contribution is -2.31. The number of fused-ring (bicyclic) bond motifs is 1. The monoisotopic (exact) mass is 430 g/mol. The Morgan fingerprint density at radius 2 is 1.97 bits per heavy atom. The minimum absolute atomic E-state index is 0.0960. The number of amides is 2. The lowest BCUT2D eigenvalue weighted by atomic mass is 10.0. The zero-order valence-electron chi connectivity index (χ0n) is 17.6. The molecule has 0 atom stereocenters. The third-order valence-electron chi connectivity index (χ3n) is 5.00. The molecule has 0 saturated carbocycles. The summed E-state index contributed by atoms with van der Waals surface area (Å²) >= 11 is 6.40. The van der Waals surface area contributed by atoms with Gasteiger partial charge in [-0.1, -0.05) is 24.9 Å². The van der Waals surface area contributed by atoms with E-state index < -0.39 is 0 Å². The summed E-state index contributed by atoms with van der Waals surface area (Å²) in [5.41, 5.74) is 2.96. The van der Waals surface area contributed by atoms with Crippen molar-refractivity contribution in [1.29, 1.82) is 0 Å². The molecule has 1 N–H and O–H groups in total. The number of nitrogens with one attached hydrogen (secondary N) is 1. The van der Waals surface area contributed by atoms with E-state index in [1.165, 1.54) is 0 Å². The number of aryl methyl sites for hydroxylation is 1. The summed E-state index contributed by atoms with van der Waals surface area (Å²) in [4.78, 5) is 26.4. The van der Waals surface area contributed by atoms with Gasteiger partial charge in [-0.05, 0) is 55.7 Å². The van der Waals surface area contributed by atoms with Gasteiger partial charge in [-0.2, -0.15) is 0 Å². The normalized spacial score (nSPS) is 13.1. The van der Waals surface area contributed by atoms with Crippen LogP contribution in [0.4, 0.5) is 11.4 Å². The van der Waals surface area contributed by atoms with Gasteiger partial charge in [-0.3, -0.25) is 9.59 Å². The van der Waals surface area contributed by atoms with Crippen molar-refractivity contribution in [3.63, 3.8) is 0 Å². The van der Waals surface area contributed by atoms with Crippen molar-refractivity contribution >= 4 is 34.8 Å². The van der Waals surface area contributed by atoms with Crippen molar-refractivity contribution in [3.8, 4) is 11.5 Å². The van der Waals surface area contributed by atoms with Crippen molar-refractivity contribution in [2.75, 3.05) is 30.5 Å². The maximum absolute atomic E-state index is 12.8. The molecule has 7 heteroatoms. The maximum Gasteiger partial charge on any atom is 0.255 e. The zero-order chi connectivity index (χ0) is 21.7. The van der Waals surface area contributed by atoms with Gasteiger partial charge in [-0.25, -0.2) is 0 Å². The van der Waals surface area contributed by atoms with Gasteiger partial charge in [-0.15, -0.1) is 0 Å². The van der Waals surface area contributed by atoms with Crippen LogP contribution in [0, 0.1) is 0 Å². The number of carbonyl (C=O) groups is 2. The Morgan fingerprint density at radius 1 is 1.17 bits per heavy atom. The first kappa shape index (κ1) is 22.0. The molecule has 0 unspecified atom stereocenters. The van der Waals surface area contributed by atoms with E-state index in [9.17, 15) is 9.59 Å². The van der Waals surface area contributed by atoms with Crippen LogP contribution in [0.25, 0.3) is 0 Å². The summed E-state index contributed by atoms with van der Waals surface area (Å²) in [5.74, 6) is 0.721. The third kappa shape index (κ3) is 4.87. The second-order valence-corrected chi connectivity index (χ2v) is 7.58. The van der Waals surface area contributed by atoms with Crippen molar-refractivity contribution in [3.05, 3.63) is 46.5 Å². The van der Waals surface area contributed by atoms with Gasteiger partial charge in [0.25, 0.3) is 5.91 Å². The molecule has 1 heterocycles. The molecule has 1 aliphatic rings. The number of benzene rings is 2. The Hall–Kier alpha value is -2.73. The average molecular weight is 431 g/mol. The predicted octanol–water partition coefficient (Wildman–Crippen LogP) is 5.08. The second-order valence-electron chi connectivity index (χ2n) is 7.17. The van der Waals surface area contributed by atoms with E-state index >= 15 is 0 Å². The van der Waals surface area contributed by atoms with E-state index in [-0.39, 0.29) is 11.8 Å². The Morgan fingerprint density at radius 3 is 2.70 bits per heavy atom. The topological polar surface area (TPSA) is 67.9 Å². The Balaban J connectivity index is 1.80. The molecule has 0 radical (unpaired) electrons. The summed E-state index contributed by atoms with van der Waals surface area (Å²) < 4.78 is 11.4. The number of carbonyl (C=O) groups excluding carboxylic acids is 2. The van der Waals surface area contributed by atoms with Gasteiger partial charge < -0.3 is 19.7 Å². The van der Waals surface area contributed by atoms with Crippen LogP contribution in [0.5, 0.6) is 11.5 Å². The van der Waals surface area contributed by atoms with Crippen LogP contribution >= 0.6 is 11.6 Å². The quantitative estimate of drug-likeness (QED) is 0.593. The first-order valence-corrected chi connectivity index (χ1v) is 10.6. The molecule has 0 aliphatic carbocycles. The smallest absolute Gasteiger partial charge is 0.255 e. The van der Waals surface area contributed by atoms with Crippen LogP contribution in [-0.2, 0) is 11.2 Å². The van der Waals surface area contributed by atoms with Crippen LogP contribution in [-0.4, -0.2) is 32.1 Å². The van der Waals surface area contributed by atoms with E-state index in [0.29, 0.717) is 53.8 Å². The molecule has 2 amide bonds. The summed E-state index contributed by atoms with van der Waals surface area (Å²) in [6, 6.07) is 8.79. The number of hydrogen-bond donors (Lipinski definition) is 1. The van der Waals surface area contributed by atoms with Crippen molar-refractivity contribution in [1.82, 2.24) is 0 Å². The standard InChI is InChI=1S/C23H27ClN2O4/c1-4-6-11-30-22-18(24)13-16(14-20(22)29-5-2)23(28)25-17-8-9-19-15(12-17)7-10-21(27)26(19)3/h8-9,12-14H,4-7,10-11H2,1-3H3,(H,25,28). The first-order valence-electron chi connectivity index (χ1n) is 10.2. The summed E-state index contributed by atoms with van der Waals surface area (Å²) in [5, 5.41) is 3.25. The fourth-order valence-electron chi connectivity index (χ4n) is 3.36. The van der Waals surface area contributed by atoms with Gasteiger partial charge in [0, 0.05) is 30.4 Å². The highest BCUT2D eigenvalue weighted by Crippen LogP contribution is 2.37. The molecule has 0 aromatic heterocycles. The number of anilines is 2. The highest BCUT2D eigenvalue weighted by Gasteiger charge is 2.22. The fourth-order valence-corrected chi connectivity index (χ4v) is 3.62. The van der Waals surface area contributed by atoms with Gasteiger partial charge in [0.1, 0.15) is 0 Å².